The Balaban J connectivity index is 2.14. The maximum Gasteiger partial charge on any atom is 0.330 e. The van der Waals surface area contributed by atoms with Gasteiger partial charge in [-0.2, -0.15) is 0 Å². The van der Waals surface area contributed by atoms with E-state index in [0.717, 1.165) is 12.8 Å². The van der Waals surface area contributed by atoms with Gasteiger partial charge in [-0.05, 0) is 18.4 Å². The van der Waals surface area contributed by atoms with E-state index in [1.807, 2.05) is 30.3 Å². The summed E-state index contributed by atoms with van der Waals surface area (Å²) in [7, 11) is 0. The van der Waals surface area contributed by atoms with Gasteiger partial charge in [0.15, 0.2) is 0 Å². The van der Waals surface area contributed by atoms with Crippen LogP contribution in [0.5, 0.6) is 0 Å². The van der Waals surface area contributed by atoms with Crippen molar-refractivity contribution < 1.29 is 9.53 Å². The summed E-state index contributed by atoms with van der Waals surface area (Å²) in [5.74, 6) is -0.355. The molecule has 0 aliphatic carbocycles. The van der Waals surface area contributed by atoms with Gasteiger partial charge in [0.05, 0.1) is 6.61 Å². The van der Waals surface area contributed by atoms with Crippen LogP contribution in [0.3, 0.4) is 0 Å². The number of carbonyl (C=O) groups excluding carboxylic acids is 1. The molecular formula is C14H16O2. The Hall–Kier alpha value is -1.83. The van der Waals surface area contributed by atoms with Crippen LogP contribution in [0.15, 0.2) is 49.1 Å². The van der Waals surface area contributed by atoms with Gasteiger partial charge in [-0.15, -0.1) is 0 Å². The lowest BCUT2D eigenvalue weighted by Gasteiger charge is -1.98. The van der Waals surface area contributed by atoms with E-state index < -0.39 is 0 Å². The largest absolute Gasteiger partial charge is 0.463 e. The molecule has 2 heteroatoms. The molecule has 2 nitrogen and oxygen atoms in total. The highest BCUT2D eigenvalue weighted by atomic mass is 16.5. The maximum absolute atomic E-state index is 10.7. The maximum atomic E-state index is 10.7. The number of benzene rings is 1. The van der Waals surface area contributed by atoms with Crippen LogP contribution in [-0.2, 0) is 9.53 Å². The molecule has 0 saturated heterocycles. The predicted octanol–water partition coefficient (Wildman–Crippen LogP) is 3.21. The summed E-state index contributed by atoms with van der Waals surface area (Å²) in [6.45, 7) is 3.78. The van der Waals surface area contributed by atoms with Gasteiger partial charge in [0.1, 0.15) is 0 Å². The Morgan fingerprint density at radius 2 is 2.06 bits per heavy atom. The van der Waals surface area contributed by atoms with Crippen molar-refractivity contribution >= 4 is 12.0 Å². The first kappa shape index (κ1) is 12.2. The Morgan fingerprint density at radius 1 is 1.31 bits per heavy atom. The highest BCUT2D eigenvalue weighted by molar-refractivity contribution is 5.81. The summed E-state index contributed by atoms with van der Waals surface area (Å²) >= 11 is 0. The Morgan fingerprint density at radius 3 is 2.75 bits per heavy atom. The van der Waals surface area contributed by atoms with Crippen molar-refractivity contribution in [3.63, 3.8) is 0 Å². The lowest BCUT2D eigenvalue weighted by atomic mass is 10.2. The molecule has 0 aliphatic heterocycles. The summed E-state index contributed by atoms with van der Waals surface area (Å²) in [5, 5.41) is 0. The molecule has 0 aromatic heterocycles. The molecule has 0 heterocycles. The number of esters is 1. The first-order valence-electron chi connectivity index (χ1n) is 5.33. The molecule has 0 N–H and O–H groups in total. The molecule has 1 aromatic rings. The van der Waals surface area contributed by atoms with Crippen LogP contribution < -0.4 is 0 Å². The predicted molar refractivity (Wildman–Crippen MR) is 65.9 cm³/mol. The fraction of sp³-hybridized carbons (Fsp3) is 0.214. The number of hydrogen-bond acceptors (Lipinski definition) is 2. The molecule has 0 bridgehead atoms. The highest BCUT2D eigenvalue weighted by Gasteiger charge is 1.92. The van der Waals surface area contributed by atoms with Crippen LogP contribution in [0.2, 0.25) is 0 Å². The SMILES string of the molecule is C=CC(=O)OCCCC=Cc1ccccc1. The molecule has 0 unspecified atom stereocenters. The number of hydrogen-bond donors (Lipinski definition) is 0. The zero-order valence-electron chi connectivity index (χ0n) is 9.26. The van der Waals surface area contributed by atoms with Crippen LogP contribution in [0.25, 0.3) is 6.08 Å². The molecule has 0 atom stereocenters. The van der Waals surface area contributed by atoms with E-state index in [-0.39, 0.29) is 5.97 Å². The Labute approximate surface area is 96.2 Å². The lowest BCUT2D eigenvalue weighted by molar-refractivity contribution is -0.137. The second kappa shape index (κ2) is 7.46. The smallest absolute Gasteiger partial charge is 0.330 e. The zero-order chi connectivity index (χ0) is 11.6. The summed E-state index contributed by atoms with van der Waals surface area (Å²) in [5.41, 5.74) is 1.19. The number of ether oxygens (including phenoxy) is 1. The summed E-state index contributed by atoms with van der Waals surface area (Å²) in [4.78, 5) is 10.7. The van der Waals surface area contributed by atoms with Gasteiger partial charge in [0, 0.05) is 6.08 Å². The van der Waals surface area contributed by atoms with Gasteiger partial charge in [0.2, 0.25) is 0 Å². The molecule has 1 aromatic carbocycles. The summed E-state index contributed by atoms with van der Waals surface area (Å²) in [6.07, 6.45) is 7.06. The minimum Gasteiger partial charge on any atom is -0.463 e. The average Bonchev–Trinajstić information content (AvgIpc) is 2.34. The number of allylic oxidation sites excluding steroid dienone is 1. The van der Waals surface area contributed by atoms with Gasteiger partial charge in [-0.1, -0.05) is 49.1 Å². The summed E-state index contributed by atoms with van der Waals surface area (Å²) < 4.78 is 4.85. The van der Waals surface area contributed by atoms with E-state index in [1.54, 1.807) is 0 Å². The molecule has 0 amide bonds. The third kappa shape index (κ3) is 5.15. The van der Waals surface area contributed by atoms with Crippen molar-refractivity contribution in [2.45, 2.75) is 12.8 Å². The van der Waals surface area contributed by atoms with Crippen molar-refractivity contribution in [3.8, 4) is 0 Å². The fourth-order valence-electron chi connectivity index (χ4n) is 1.22. The van der Waals surface area contributed by atoms with Crippen molar-refractivity contribution in [2.75, 3.05) is 6.61 Å². The standard InChI is InChI=1S/C14H16O2/c1-2-14(15)16-12-8-4-7-11-13-9-5-3-6-10-13/h2-3,5-7,9-11H,1,4,8,12H2. The average molecular weight is 216 g/mol. The van der Waals surface area contributed by atoms with Crippen molar-refractivity contribution in [1.29, 1.82) is 0 Å². The van der Waals surface area contributed by atoms with E-state index >= 15 is 0 Å². The molecule has 16 heavy (non-hydrogen) atoms. The number of unbranched alkanes of at least 4 members (excludes halogenated alkanes) is 1. The number of rotatable bonds is 6. The summed E-state index contributed by atoms with van der Waals surface area (Å²) in [6, 6.07) is 10.1. The van der Waals surface area contributed by atoms with E-state index in [4.69, 9.17) is 4.74 Å². The van der Waals surface area contributed by atoms with Crippen LogP contribution in [0, 0.1) is 0 Å². The number of carbonyl (C=O) groups is 1. The molecule has 0 fully saturated rings. The van der Waals surface area contributed by atoms with Crippen LogP contribution >= 0.6 is 0 Å². The minimum absolute atomic E-state index is 0.355. The van der Waals surface area contributed by atoms with E-state index in [9.17, 15) is 4.79 Å². The monoisotopic (exact) mass is 216 g/mol. The Kier molecular flexibility index (Phi) is 5.71. The first-order chi connectivity index (χ1) is 7.83. The van der Waals surface area contributed by atoms with Crippen molar-refractivity contribution in [2.24, 2.45) is 0 Å². The van der Waals surface area contributed by atoms with Gasteiger partial charge < -0.3 is 4.74 Å². The fourth-order valence-corrected chi connectivity index (χ4v) is 1.22. The second-order valence-electron chi connectivity index (χ2n) is 3.33. The van der Waals surface area contributed by atoms with Gasteiger partial charge >= 0.3 is 5.97 Å². The van der Waals surface area contributed by atoms with Crippen molar-refractivity contribution in [1.82, 2.24) is 0 Å². The topological polar surface area (TPSA) is 26.3 Å². The van der Waals surface area contributed by atoms with E-state index in [2.05, 4.69) is 18.7 Å². The van der Waals surface area contributed by atoms with Gasteiger partial charge in [-0.25, -0.2) is 4.79 Å². The van der Waals surface area contributed by atoms with Crippen LogP contribution in [-0.4, -0.2) is 12.6 Å². The zero-order valence-corrected chi connectivity index (χ0v) is 9.26. The first-order valence-corrected chi connectivity index (χ1v) is 5.33. The van der Waals surface area contributed by atoms with Crippen LogP contribution in [0.1, 0.15) is 18.4 Å². The van der Waals surface area contributed by atoms with Gasteiger partial charge in [0.25, 0.3) is 0 Å². The van der Waals surface area contributed by atoms with E-state index in [1.165, 1.54) is 11.6 Å². The molecular weight excluding hydrogens is 200 g/mol. The van der Waals surface area contributed by atoms with Gasteiger partial charge in [-0.3, -0.25) is 0 Å². The quantitative estimate of drug-likeness (QED) is 0.414. The minimum atomic E-state index is -0.355. The molecule has 0 radical (unpaired) electrons. The third-order valence-corrected chi connectivity index (χ3v) is 2.04. The molecule has 0 spiro atoms. The van der Waals surface area contributed by atoms with Crippen molar-refractivity contribution in [3.05, 3.63) is 54.6 Å². The molecule has 84 valence electrons. The normalized spacial score (nSPS) is 10.2. The third-order valence-electron chi connectivity index (χ3n) is 2.04. The second-order valence-corrected chi connectivity index (χ2v) is 3.33. The highest BCUT2D eigenvalue weighted by Crippen LogP contribution is 2.03. The molecule has 1 rings (SSSR count). The van der Waals surface area contributed by atoms with E-state index in [0.29, 0.717) is 6.61 Å². The molecule has 0 aliphatic rings. The Bertz CT molecular complexity index is 352. The lowest BCUT2D eigenvalue weighted by Crippen LogP contribution is -2.00. The molecule has 0 saturated carbocycles. The van der Waals surface area contributed by atoms with Crippen LogP contribution in [0.4, 0.5) is 0 Å².